The van der Waals surface area contributed by atoms with Gasteiger partial charge in [0.25, 0.3) is 5.91 Å². The highest BCUT2D eigenvalue weighted by Crippen LogP contribution is 2.40. The number of nitrogens with one attached hydrogen (secondary N) is 1. The Hall–Kier alpha value is -2.48. The molecule has 2 amide bonds. The van der Waals surface area contributed by atoms with E-state index < -0.39 is 12.0 Å². The monoisotopic (exact) mass is 418 g/mol. The number of unbranched alkanes of at least 4 members (excludes halogenated alkanes) is 1. The number of rotatable bonds is 9. The molecule has 2 N–H and O–H groups in total. The van der Waals surface area contributed by atoms with Crippen LogP contribution in [0.15, 0.2) is 35.5 Å². The molecule has 0 radical (unpaired) electrons. The number of aliphatic carboxylic acids is 1. The smallest absolute Gasteiger partial charge is 0.352 e. The van der Waals surface area contributed by atoms with Gasteiger partial charge >= 0.3 is 5.97 Å². The van der Waals surface area contributed by atoms with Crippen molar-refractivity contribution in [1.82, 2.24) is 10.2 Å². The molecule has 2 atom stereocenters. The molecule has 0 spiro atoms. The van der Waals surface area contributed by atoms with Gasteiger partial charge in [0.15, 0.2) is 0 Å². The first-order chi connectivity index (χ1) is 13.9. The van der Waals surface area contributed by atoms with Crippen LogP contribution in [0.1, 0.15) is 38.7 Å². The number of hydrogen-bond acceptors (Lipinski definition) is 5. The van der Waals surface area contributed by atoms with Gasteiger partial charge in [-0.3, -0.25) is 14.5 Å². The van der Waals surface area contributed by atoms with Crippen LogP contribution < -0.4 is 10.1 Å². The van der Waals surface area contributed by atoms with Crippen molar-refractivity contribution in [3.05, 3.63) is 41.1 Å². The lowest BCUT2D eigenvalue weighted by molar-refractivity contribution is -0.150. The fourth-order valence-corrected chi connectivity index (χ4v) is 4.66. The van der Waals surface area contributed by atoms with Crippen LogP contribution in [0.3, 0.4) is 0 Å². The molecule has 3 rings (SSSR count). The quantitative estimate of drug-likeness (QED) is 0.473. The van der Waals surface area contributed by atoms with Crippen LogP contribution in [-0.4, -0.2) is 51.6 Å². The number of carbonyl (C=O) groups excluding carboxylic acids is 2. The molecule has 0 aliphatic carbocycles. The Morgan fingerprint density at radius 2 is 2.03 bits per heavy atom. The third kappa shape index (κ3) is 4.75. The van der Waals surface area contributed by atoms with Crippen LogP contribution in [0.4, 0.5) is 0 Å². The molecule has 156 valence electrons. The lowest BCUT2D eigenvalue weighted by atomic mass is 10.0. The number of ether oxygens (including phenoxy) is 1. The molecule has 7 nitrogen and oxygen atoms in total. The second kappa shape index (κ2) is 9.35. The van der Waals surface area contributed by atoms with E-state index in [-0.39, 0.29) is 29.3 Å². The number of nitrogens with zero attached hydrogens (tertiary/aromatic N) is 1. The zero-order chi connectivity index (χ0) is 21.0. The molecule has 1 aromatic rings. The molecular weight excluding hydrogens is 392 g/mol. The minimum atomic E-state index is -1.10. The Kier molecular flexibility index (Phi) is 6.84. The van der Waals surface area contributed by atoms with Crippen molar-refractivity contribution in [3.8, 4) is 5.75 Å². The summed E-state index contributed by atoms with van der Waals surface area (Å²) in [6, 6.07) is 7.01. The fraction of sp³-hybridized carbons (Fsp3) is 0.476. The highest BCUT2D eigenvalue weighted by atomic mass is 32.2. The van der Waals surface area contributed by atoms with E-state index in [4.69, 9.17) is 4.74 Å². The van der Waals surface area contributed by atoms with Gasteiger partial charge < -0.3 is 15.2 Å². The van der Waals surface area contributed by atoms with Gasteiger partial charge in [-0.05, 0) is 43.0 Å². The SMILES string of the molecule is CCCCOc1ccc(CCC(=O)NC2C(=O)N3C(C(=O)O)=C(C)CSC23)cc1. The van der Waals surface area contributed by atoms with Crippen molar-refractivity contribution >= 4 is 29.5 Å². The number of carboxylic acids is 1. The van der Waals surface area contributed by atoms with Crippen molar-refractivity contribution < 1.29 is 24.2 Å². The van der Waals surface area contributed by atoms with Crippen LogP contribution in [-0.2, 0) is 20.8 Å². The van der Waals surface area contributed by atoms with E-state index in [0.29, 0.717) is 24.4 Å². The normalized spacial score (nSPS) is 20.8. The summed E-state index contributed by atoms with van der Waals surface area (Å²) in [6.07, 6.45) is 2.92. The summed E-state index contributed by atoms with van der Waals surface area (Å²) in [5, 5.41) is 11.8. The second-order valence-electron chi connectivity index (χ2n) is 7.24. The number of amides is 2. The van der Waals surface area contributed by atoms with E-state index >= 15 is 0 Å². The average molecular weight is 419 g/mol. The first-order valence-electron chi connectivity index (χ1n) is 9.81. The highest BCUT2D eigenvalue weighted by Gasteiger charge is 2.53. The van der Waals surface area contributed by atoms with Crippen LogP contribution in [0.5, 0.6) is 5.75 Å². The zero-order valence-corrected chi connectivity index (χ0v) is 17.5. The molecule has 0 saturated carbocycles. The number of carboxylic acid groups (broad SMARTS) is 1. The largest absolute Gasteiger partial charge is 0.494 e. The molecule has 8 heteroatoms. The average Bonchev–Trinajstić information content (AvgIpc) is 2.71. The predicted molar refractivity (Wildman–Crippen MR) is 111 cm³/mol. The lowest BCUT2D eigenvalue weighted by Crippen LogP contribution is -2.70. The summed E-state index contributed by atoms with van der Waals surface area (Å²) in [4.78, 5) is 37.4. The first kappa shape index (κ1) is 21.2. The van der Waals surface area contributed by atoms with Gasteiger partial charge in [-0.2, -0.15) is 0 Å². The van der Waals surface area contributed by atoms with Gasteiger partial charge in [0, 0.05) is 12.2 Å². The molecule has 2 heterocycles. The summed E-state index contributed by atoms with van der Waals surface area (Å²) >= 11 is 1.48. The number of aryl methyl sites for hydroxylation is 1. The van der Waals surface area contributed by atoms with Crippen molar-refractivity contribution in [2.75, 3.05) is 12.4 Å². The third-order valence-corrected chi connectivity index (χ3v) is 6.43. The van der Waals surface area contributed by atoms with Crippen LogP contribution >= 0.6 is 11.8 Å². The number of thioether (sulfide) groups is 1. The van der Waals surface area contributed by atoms with Gasteiger partial charge in [-0.15, -0.1) is 11.8 Å². The number of hydrogen-bond donors (Lipinski definition) is 2. The highest BCUT2D eigenvalue weighted by molar-refractivity contribution is 8.00. The molecule has 1 aromatic carbocycles. The summed E-state index contributed by atoms with van der Waals surface area (Å²) in [5.74, 6) is -0.322. The number of benzene rings is 1. The van der Waals surface area contributed by atoms with E-state index in [1.165, 1.54) is 16.7 Å². The molecular formula is C21H26N2O5S. The Labute approximate surface area is 174 Å². The van der Waals surface area contributed by atoms with Gasteiger partial charge in [-0.1, -0.05) is 25.5 Å². The molecule has 0 aromatic heterocycles. The van der Waals surface area contributed by atoms with E-state index in [2.05, 4.69) is 12.2 Å². The topological polar surface area (TPSA) is 95.9 Å². The van der Waals surface area contributed by atoms with Crippen molar-refractivity contribution in [1.29, 1.82) is 0 Å². The Morgan fingerprint density at radius 1 is 1.31 bits per heavy atom. The Morgan fingerprint density at radius 3 is 2.69 bits per heavy atom. The zero-order valence-electron chi connectivity index (χ0n) is 16.6. The van der Waals surface area contributed by atoms with E-state index in [9.17, 15) is 19.5 Å². The standard InChI is InChI=1S/C21H26N2O5S/c1-3-4-11-28-15-8-5-14(6-9-15)7-10-16(24)22-17-19(25)23-18(21(26)27)13(2)12-29-20(17)23/h5-6,8-9,17,20H,3-4,7,10-12H2,1-2H3,(H,22,24)(H,26,27). The number of fused-ring (bicyclic) bond motifs is 1. The molecule has 2 aliphatic rings. The molecule has 1 saturated heterocycles. The molecule has 2 unspecified atom stereocenters. The Bertz CT molecular complexity index is 821. The number of β-lactam (4-membered cyclic amide) rings is 1. The fourth-order valence-electron chi connectivity index (χ4n) is 3.37. The maximum atomic E-state index is 12.4. The van der Waals surface area contributed by atoms with Gasteiger partial charge in [0.2, 0.25) is 5.91 Å². The predicted octanol–water partition coefficient (Wildman–Crippen LogP) is 2.56. The van der Waals surface area contributed by atoms with Gasteiger partial charge in [0.1, 0.15) is 22.9 Å². The molecule has 0 bridgehead atoms. The van der Waals surface area contributed by atoms with Crippen LogP contribution in [0.25, 0.3) is 0 Å². The van der Waals surface area contributed by atoms with E-state index in [1.807, 2.05) is 24.3 Å². The second-order valence-corrected chi connectivity index (χ2v) is 8.34. The van der Waals surface area contributed by atoms with E-state index in [0.717, 1.165) is 24.2 Å². The lowest BCUT2D eigenvalue weighted by Gasteiger charge is -2.49. The molecule has 1 fully saturated rings. The molecule has 2 aliphatic heterocycles. The minimum Gasteiger partial charge on any atom is -0.494 e. The minimum absolute atomic E-state index is 0.0468. The maximum Gasteiger partial charge on any atom is 0.352 e. The van der Waals surface area contributed by atoms with Crippen molar-refractivity contribution in [3.63, 3.8) is 0 Å². The van der Waals surface area contributed by atoms with Gasteiger partial charge in [-0.25, -0.2) is 4.79 Å². The third-order valence-electron chi connectivity index (χ3n) is 5.01. The first-order valence-corrected chi connectivity index (χ1v) is 10.9. The van der Waals surface area contributed by atoms with E-state index in [1.54, 1.807) is 6.92 Å². The Balaban J connectivity index is 1.48. The van der Waals surface area contributed by atoms with Crippen LogP contribution in [0, 0.1) is 0 Å². The van der Waals surface area contributed by atoms with Crippen molar-refractivity contribution in [2.45, 2.75) is 50.9 Å². The van der Waals surface area contributed by atoms with Crippen molar-refractivity contribution in [2.24, 2.45) is 0 Å². The van der Waals surface area contributed by atoms with Crippen LogP contribution in [0.2, 0.25) is 0 Å². The summed E-state index contributed by atoms with van der Waals surface area (Å²) < 4.78 is 5.63. The number of carbonyl (C=O) groups is 3. The summed E-state index contributed by atoms with van der Waals surface area (Å²) in [7, 11) is 0. The summed E-state index contributed by atoms with van der Waals surface area (Å²) in [5.41, 5.74) is 1.73. The van der Waals surface area contributed by atoms with Gasteiger partial charge in [0.05, 0.1) is 6.61 Å². The maximum absolute atomic E-state index is 12.4. The molecule has 29 heavy (non-hydrogen) atoms. The summed E-state index contributed by atoms with van der Waals surface area (Å²) in [6.45, 7) is 4.52.